The van der Waals surface area contributed by atoms with E-state index in [2.05, 4.69) is 4.74 Å². The number of methoxy groups -OCH3 is 1. The highest BCUT2D eigenvalue weighted by Gasteiger charge is 2.09. The molecule has 0 aromatic heterocycles. The average Bonchev–Trinajstić information content (AvgIpc) is 2.37. The van der Waals surface area contributed by atoms with E-state index in [1.807, 2.05) is 31.2 Å². The van der Waals surface area contributed by atoms with Crippen molar-refractivity contribution in [3.63, 3.8) is 0 Å². The molecule has 0 saturated carbocycles. The lowest BCUT2D eigenvalue weighted by molar-refractivity contribution is -0.139. The van der Waals surface area contributed by atoms with Gasteiger partial charge in [-0.05, 0) is 11.1 Å². The van der Waals surface area contributed by atoms with Gasteiger partial charge in [-0.3, -0.25) is 4.79 Å². The van der Waals surface area contributed by atoms with E-state index >= 15 is 0 Å². The molecule has 0 amide bonds. The van der Waals surface area contributed by atoms with Gasteiger partial charge in [-0.15, -0.1) is 0 Å². The van der Waals surface area contributed by atoms with Gasteiger partial charge in [0.25, 0.3) is 0 Å². The fraction of sp³-hybridized carbons (Fsp3) is 0.462. The number of esters is 1. The third-order valence-corrected chi connectivity index (χ3v) is 3.66. The Bertz CT molecular complexity index is 365. The van der Waals surface area contributed by atoms with Gasteiger partial charge in [0.1, 0.15) is 0 Å². The molecular formula is C13H18O3S. The van der Waals surface area contributed by atoms with Crippen molar-refractivity contribution in [3.8, 4) is 0 Å². The molecule has 17 heavy (non-hydrogen) atoms. The van der Waals surface area contributed by atoms with Crippen molar-refractivity contribution in [2.75, 3.05) is 13.7 Å². The number of hydrogen-bond donors (Lipinski definition) is 1. The van der Waals surface area contributed by atoms with E-state index in [0.29, 0.717) is 6.42 Å². The number of thioether (sulfide) groups is 1. The molecule has 0 fully saturated rings. The SMILES string of the molecule is COC(=O)Cc1ccccc1CSC(C)CO. The first-order valence-electron chi connectivity index (χ1n) is 5.53. The third-order valence-electron chi connectivity index (χ3n) is 2.46. The van der Waals surface area contributed by atoms with E-state index in [4.69, 9.17) is 5.11 Å². The zero-order valence-corrected chi connectivity index (χ0v) is 11.0. The summed E-state index contributed by atoms with van der Waals surface area (Å²) in [7, 11) is 1.40. The average molecular weight is 254 g/mol. The van der Waals surface area contributed by atoms with Crippen LogP contribution in [0, 0.1) is 0 Å². The summed E-state index contributed by atoms with van der Waals surface area (Å²) < 4.78 is 4.67. The van der Waals surface area contributed by atoms with Gasteiger partial charge in [0.05, 0.1) is 20.1 Å². The highest BCUT2D eigenvalue weighted by molar-refractivity contribution is 7.99. The van der Waals surface area contributed by atoms with Crippen molar-refractivity contribution in [1.29, 1.82) is 0 Å². The number of ether oxygens (including phenoxy) is 1. The van der Waals surface area contributed by atoms with Crippen molar-refractivity contribution in [2.24, 2.45) is 0 Å². The summed E-state index contributed by atoms with van der Waals surface area (Å²) in [5.74, 6) is 0.576. The number of benzene rings is 1. The molecule has 4 heteroatoms. The summed E-state index contributed by atoms with van der Waals surface area (Å²) >= 11 is 1.68. The Morgan fingerprint density at radius 2 is 2.06 bits per heavy atom. The van der Waals surface area contributed by atoms with Crippen LogP contribution in [0.5, 0.6) is 0 Å². The smallest absolute Gasteiger partial charge is 0.309 e. The molecule has 1 N–H and O–H groups in total. The Labute approximate surface area is 106 Å². The Kier molecular flexibility index (Phi) is 6.08. The summed E-state index contributed by atoms with van der Waals surface area (Å²) in [6, 6.07) is 7.83. The Morgan fingerprint density at radius 1 is 1.41 bits per heavy atom. The summed E-state index contributed by atoms with van der Waals surface area (Å²) in [4.78, 5) is 11.3. The zero-order chi connectivity index (χ0) is 12.7. The largest absolute Gasteiger partial charge is 0.469 e. The molecule has 3 nitrogen and oxygen atoms in total. The van der Waals surface area contributed by atoms with E-state index in [1.54, 1.807) is 11.8 Å². The Morgan fingerprint density at radius 3 is 2.65 bits per heavy atom. The summed E-state index contributed by atoms with van der Waals surface area (Å²) in [5.41, 5.74) is 2.13. The Balaban J connectivity index is 2.67. The lowest BCUT2D eigenvalue weighted by Gasteiger charge is -2.11. The number of rotatable bonds is 6. The van der Waals surface area contributed by atoms with Crippen molar-refractivity contribution in [2.45, 2.75) is 24.3 Å². The van der Waals surface area contributed by atoms with E-state index in [9.17, 15) is 4.79 Å². The second-order valence-corrected chi connectivity index (χ2v) is 5.25. The second kappa shape index (κ2) is 7.35. The fourth-order valence-electron chi connectivity index (χ4n) is 1.38. The summed E-state index contributed by atoms with van der Waals surface area (Å²) in [6.45, 7) is 2.15. The number of hydrogen-bond acceptors (Lipinski definition) is 4. The molecule has 0 radical (unpaired) electrons. The molecule has 1 aromatic rings. The maximum atomic E-state index is 11.3. The van der Waals surface area contributed by atoms with Crippen LogP contribution in [0.15, 0.2) is 24.3 Å². The molecule has 0 heterocycles. The lowest BCUT2D eigenvalue weighted by Crippen LogP contribution is -2.07. The van der Waals surface area contributed by atoms with Gasteiger partial charge in [0.15, 0.2) is 0 Å². The first-order valence-corrected chi connectivity index (χ1v) is 6.58. The predicted molar refractivity (Wildman–Crippen MR) is 70.0 cm³/mol. The van der Waals surface area contributed by atoms with E-state index in [0.717, 1.165) is 16.9 Å². The van der Waals surface area contributed by atoms with Crippen LogP contribution in [0.3, 0.4) is 0 Å². The van der Waals surface area contributed by atoms with Gasteiger partial charge in [-0.1, -0.05) is 31.2 Å². The molecule has 0 aliphatic carbocycles. The van der Waals surface area contributed by atoms with E-state index in [1.165, 1.54) is 7.11 Å². The van der Waals surface area contributed by atoms with Gasteiger partial charge in [0, 0.05) is 11.0 Å². The van der Waals surface area contributed by atoms with Crippen molar-refractivity contribution in [1.82, 2.24) is 0 Å². The van der Waals surface area contributed by atoms with Gasteiger partial charge >= 0.3 is 5.97 Å². The van der Waals surface area contributed by atoms with Crippen LogP contribution in [0.4, 0.5) is 0 Å². The van der Waals surface area contributed by atoms with Crippen LogP contribution in [0.2, 0.25) is 0 Å². The maximum absolute atomic E-state index is 11.3. The minimum atomic E-state index is -0.224. The highest BCUT2D eigenvalue weighted by atomic mass is 32.2. The monoisotopic (exact) mass is 254 g/mol. The van der Waals surface area contributed by atoms with Gasteiger partial charge in [0.2, 0.25) is 0 Å². The first-order chi connectivity index (χ1) is 8.17. The fourth-order valence-corrected chi connectivity index (χ4v) is 2.23. The standard InChI is InChI=1S/C13H18O3S/c1-10(8-14)17-9-12-6-4-3-5-11(12)7-13(15)16-2/h3-6,10,14H,7-9H2,1-2H3. The second-order valence-electron chi connectivity index (χ2n) is 3.83. The minimum Gasteiger partial charge on any atom is -0.469 e. The summed E-state index contributed by atoms with van der Waals surface area (Å²) in [5, 5.41) is 9.18. The van der Waals surface area contributed by atoms with Gasteiger partial charge in [-0.25, -0.2) is 0 Å². The number of carbonyl (C=O) groups is 1. The highest BCUT2D eigenvalue weighted by Crippen LogP contribution is 2.20. The van der Waals surface area contributed by atoms with Crippen molar-refractivity contribution < 1.29 is 14.6 Å². The van der Waals surface area contributed by atoms with Crippen LogP contribution in [-0.2, 0) is 21.7 Å². The van der Waals surface area contributed by atoms with E-state index in [-0.39, 0.29) is 17.8 Å². The molecule has 0 aliphatic heterocycles. The molecule has 0 bridgehead atoms. The number of aliphatic hydroxyl groups is 1. The molecule has 0 saturated heterocycles. The maximum Gasteiger partial charge on any atom is 0.309 e. The van der Waals surface area contributed by atoms with Crippen LogP contribution in [0.1, 0.15) is 18.1 Å². The first kappa shape index (κ1) is 14.1. The third kappa shape index (κ3) is 4.79. The van der Waals surface area contributed by atoms with E-state index < -0.39 is 0 Å². The van der Waals surface area contributed by atoms with Crippen molar-refractivity contribution in [3.05, 3.63) is 35.4 Å². The normalized spacial score (nSPS) is 12.2. The molecular weight excluding hydrogens is 236 g/mol. The van der Waals surface area contributed by atoms with Crippen molar-refractivity contribution >= 4 is 17.7 Å². The predicted octanol–water partition coefficient (Wildman–Crippen LogP) is 2.02. The molecule has 0 spiro atoms. The zero-order valence-electron chi connectivity index (χ0n) is 10.2. The molecule has 1 unspecified atom stereocenters. The number of carbonyl (C=O) groups excluding carboxylic acids is 1. The minimum absolute atomic E-state index is 0.170. The van der Waals surface area contributed by atoms with Gasteiger partial charge in [-0.2, -0.15) is 11.8 Å². The van der Waals surface area contributed by atoms with Crippen LogP contribution in [-0.4, -0.2) is 30.0 Å². The van der Waals surface area contributed by atoms with Gasteiger partial charge < -0.3 is 9.84 Å². The topological polar surface area (TPSA) is 46.5 Å². The number of aliphatic hydroxyl groups excluding tert-OH is 1. The molecule has 94 valence electrons. The van der Waals surface area contributed by atoms with Crippen LogP contribution >= 0.6 is 11.8 Å². The van der Waals surface area contributed by atoms with Crippen LogP contribution in [0.25, 0.3) is 0 Å². The quantitative estimate of drug-likeness (QED) is 0.789. The summed E-state index contributed by atoms with van der Waals surface area (Å²) in [6.07, 6.45) is 0.306. The molecule has 1 rings (SSSR count). The van der Waals surface area contributed by atoms with Crippen LogP contribution < -0.4 is 0 Å². The molecule has 1 aromatic carbocycles. The lowest BCUT2D eigenvalue weighted by atomic mass is 10.1. The molecule has 0 aliphatic rings. The molecule has 1 atom stereocenters. The Hall–Kier alpha value is -1.00.